The lowest BCUT2D eigenvalue weighted by Gasteiger charge is -2.19. The second kappa shape index (κ2) is 4.58. The van der Waals surface area contributed by atoms with E-state index in [4.69, 9.17) is 4.74 Å². The molecular formula is C15H19N3O3. The van der Waals surface area contributed by atoms with Crippen LogP contribution in [0.15, 0.2) is 6.20 Å². The Morgan fingerprint density at radius 2 is 2.19 bits per heavy atom. The summed E-state index contributed by atoms with van der Waals surface area (Å²) in [6, 6.07) is 0. The average molecular weight is 289 g/mol. The van der Waals surface area contributed by atoms with Crippen LogP contribution in [-0.4, -0.2) is 28.5 Å². The minimum Gasteiger partial charge on any atom is -0.461 e. The summed E-state index contributed by atoms with van der Waals surface area (Å²) in [5, 5.41) is 2.81. The van der Waals surface area contributed by atoms with Crippen molar-refractivity contribution in [1.29, 1.82) is 0 Å². The van der Waals surface area contributed by atoms with Crippen molar-refractivity contribution in [3.05, 3.63) is 11.9 Å². The molecule has 1 aromatic rings. The molecule has 3 aliphatic rings. The maximum Gasteiger partial charge on any atom is 0.356 e. The summed E-state index contributed by atoms with van der Waals surface area (Å²) in [7, 11) is 0. The fraction of sp³-hybridized carbons (Fsp3) is 0.667. The number of anilines is 1. The monoisotopic (exact) mass is 289 g/mol. The number of fused-ring (bicyclic) bond motifs is 5. The fourth-order valence-electron chi connectivity index (χ4n) is 4.41. The van der Waals surface area contributed by atoms with E-state index in [1.807, 2.05) is 0 Å². The molecule has 3 aliphatic carbocycles. The van der Waals surface area contributed by atoms with Crippen LogP contribution in [0, 0.1) is 29.6 Å². The Balaban J connectivity index is 1.40. The first-order valence-corrected chi connectivity index (χ1v) is 7.70. The number of H-pyrrole nitrogens is 1. The Labute approximate surface area is 122 Å². The van der Waals surface area contributed by atoms with E-state index in [9.17, 15) is 9.59 Å². The quantitative estimate of drug-likeness (QED) is 0.828. The Bertz CT molecular complexity index is 597. The van der Waals surface area contributed by atoms with Crippen molar-refractivity contribution in [1.82, 2.24) is 9.97 Å². The summed E-state index contributed by atoms with van der Waals surface area (Å²) in [6.45, 7) is 2.06. The summed E-state index contributed by atoms with van der Waals surface area (Å²) in [6.07, 6.45) is 4.96. The Hall–Kier alpha value is -1.85. The molecule has 6 heteroatoms. The number of hydrogen-bond donors (Lipinski definition) is 2. The SMILES string of the molecule is CCOC(=O)c1cnc(NC(=O)C2CC3CC2C2CC32)[nH]1. The Morgan fingerprint density at radius 1 is 1.33 bits per heavy atom. The molecule has 2 bridgehead atoms. The summed E-state index contributed by atoms with van der Waals surface area (Å²) in [5.74, 6) is 3.09. The maximum absolute atomic E-state index is 12.4. The Morgan fingerprint density at radius 3 is 2.90 bits per heavy atom. The lowest BCUT2D eigenvalue weighted by Crippen LogP contribution is -2.28. The van der Waals surface area contributed by atoms with Crippen molar-refractivity contribution in [3.63, 3.8) is 0 Å². The molecule has 1 amide bonds. The van der Waals surface area contributed by atoms with Gasteiger partial charge in [-0.1, -0.05) is 0 Å². The number of rotatable bonds is 4. The average Bonchev–Trinajstić information content (AvgIpc) is 2.85. The van der Waals surface area contributed by atoms with Gasteiger partial charge < -0.3 is 9.72 Å². The van der Waals surface area contributed by atoms with Gasteiger partial charge in [0.2, 0.25) is 11.9 Å². The zero-order valence-corrected chi connectivity index (χ0v) is 12.0. The normalized spacial score (nSPS) is 35.4. The van der Waals surface area contributed by atoms with Gasteiger partial charge in [0, 0.05) is 5.92 Å². The number of aromatic nitrogens is 2. The number of imidazole rings is 1. The van der Waals surface area contributed by atoms with Crippen LogP contribution in [-0.2, 0) is 9.53 Å². The van der Waals surface area contributed by atoms with Gasteiger partial charge in [0.25, 0.3) is 0 Å². The third-order valence-corrected chi connectivity index (χ3v) is 5.34. The van der Waals surface area contributed by atoms with E-state index in [2.05, 4.69) is 15.3 Å². The van der Waals surface area contributed by atoms with E-state index in [1.165, 1.54) is 19.0 Å². The minimum absolute atomic E-state index is 0.0395. The molecule has 4 rings (SSSR count). The number of nitrogens with one attached hydrogen (secondary N) is 2. The van der Waals surface area contributed by atoms with E-state index in [1.54, 1.807) is 6.92 Å². The van der Waals surface area contributed by atoms with Gasteiger partial charge in [0.15, 0.2) is 0 Å². The first-order valence-electron chi connectivity index (χ1n) is 7.70. The van der Waals surface area contributed by atoms with Crippen molar-refractivity contribution in [2.45, 2.75) is 26.2 Å². The van der Waals surface area contributed by atoms with Gasteiger partial charge in [-0.15, -0.1) is 0 Å². The molecule has 2 N–H and O–H groups in total. The molecule has 1 heterocycles. The molecule has 6 nitrogen and oxygen atoms in total. The topological polar surface area (TPSA) is 84.1 Å². The van der Waals surface area contributed by atoms with Crippen molar-refractivity contribution in [3.8, 4) is 0 Å². The highest BCUT2D eigenvalue weighted by Gasteiger charge is 2.62. The summed E-state index contributed by atoms with van der Waals surface area (Å²) in [5.41, 5.74) is 0.266. The molecule has 0 aliphatic heterocycles. The van der Waals surface area contributed by atoms with Crippen molar-refractivity contribution in [2.75, 3.05) is 11.9 Å². The zero-order valence-electron chi connectivity index (χ0n) is 12.0. The molecule has 0 aromatic carbocycles. The zero-order chi connectivity index (χ0) is 14.6. The first-order chi connectivity index (χ1) is 10.2. The predicted octanol–water partition coefficient (Wildman–Crippen LogP) is 1.82. The van der Waals surface area contributed by atoms with Gasteiger partial charge in [0.05, 0.1) is 12.8 Å². The van der Waals surface area contributed by atoms with E-state index >= 15 is 0 Å². The van der Waals surface area contributed by atoms with Crippen LogP contribution < -0.4 is 5.32 Å². The summed E-state index contributed by atoms with van der Waals surface area (Å²) in [4.78, 5) is 30.8. The number of carbonyl (C=O) groups is 2. The molecule has 3 fully saturated rings. The predicted molar refractivity (Wildman–Crippen MR) is 74.5 cm³/mol. The molecular weight excluding hydrogens is 270 g/mol. The molecule has 112 valence electrons. The highest BCUT2D eigenvalue weighted by Crippen LogP contribution is 2.67. The second-order valence-electron chi connectivity index (χ2n) is 6.42. The van der Waals surface area contributed by atoms with E-state index in [0.717, 1.165) is 24.2 Å². The van der Waals surface area contributed by atoms with Crippen LogP contribution in [0.25, 0.3) is 0 Å². The first kappa shape index (κ1) is 12.9. The summed E-state index contributed by atoms with van der Waals surface area (Å²) >= 11 is 0. The van der Waals surface area contributed by atoms with Crippen LogP contribution in [0.2, 0.25) is 0 Å². The van der Waals surface area contributed by atoms with Gasteiger partial charge in [-0.2, -0.15) is 0 Å². The molecule has 0 saturated heterocycles. The number of nitrogens with zero attached hydrogens (tertiary/aromatic N) is 1. The van der Waals surface area contributed by atoms with Crippen molar-refractivity contribution < 1.29 is 14.3 Å². The van der Waals surface area contributed by atoms with Crippen LogP contribution in [0.3, 0.4) is 0 Å². The van der Waals surface area contributed by atoms with E-state index in [0.29, 0.717) is 18.5 Å². The fourth-order valence-corrected chi connectivity index (χ4v) is 4.41. The highest BCUT2D eigenvalue weighted by molar-refractivity contribution is 5.93. The standard InChI is InChI=1S/C15H19N3O3/c1-2-21-14(20)12-6-16-15(17-12)18-13(19)11-4-7-3-9(11)10-5-8(7)10/h6-11H,2-5H2,1H3,(H2,16,17,18,19). The molecule has 1 aromatic heterocycles. The third kappa shape index (κ3) is 2.04. The van der Waals surface area contributed by atoms with Crippen LogP contribution in [0.4, 0.5) is 5.95 Å². The molecule has 0 radical (unpaired) electrons. The molecule has 5 unspecified atom stereocenters. The van der Waals surface area contributed by atoms with E-state index < -0.39 is 5.97 Å². The number of aromatic amines is 1. The Kier molecular flexibility index (Phi) is 2.80. The number of carbonyl (C=O) groups excluding carboxylic acids is 2. The molecule has 0 spiro atoms. The van der Waals surface area contributed by atoms with Crippen LogP contribution in [0.1, 0.15) is 36.7 Å². The lowest BCUT2D eigenvalue weighted by molar-refractivity contribution is -0.121. The van der Waals surface area contributed by atoms with Gasteiger partial charge in [-0.25, -0.2) is 9.78 Å². The number of amides is 1. The highest BCUT2D eigenvalue weighted by atomic mass is 16.5. The molecule has 3 saturated carbocycles. The third-order valence-electron chi connectivity index (χ3n) is 5.34. The van der Waals surface area contributed by atoms with Crippen molar-refractivity contribution in [2.24, 2.45) is 29.6 Å². The second-order valence-corrected chi connectivity index (χ2v) is 6.42. The van der Waals surface area contributed by atoms with Crippen molar-refractivity contribution >= 4 is 17.8 Å². The lowest BCUT2D eigenvalue weighted by atomic mass is 9.88. The molecule has 5 atom stereocenters. The smallest absolute Gasteiger partial charge is 0.356 e. The van der Waals surface area contributed by atoms with Crippen LogP contribution >= 0.6 is 0 Å². The van der Waals surface area contributed by atoms with Gasteiger partial charge >= 0.3 is 5.97 Å². The number of ether oxygens (including phenoxy) is 1. The van der Waals surface area contributed by atoms with Gasteiger partial charge in [-0.3, -0.25) is 10.1 Å². The largest absolute Gasteiger partial charge is 0.461 e. The number of hydrogen-bond acceptors (Lipinski definition) is 4. The molecule has 21 heavy (non-hydrogen) atoms. The summed E-state index contributed by atoms with van der Waals surface area (Å²) < 4.78 is 4.88. The van der Waals surface area contributed by atoms with Gasteiger partial charge in [-0.05, 0) is 49.9 Å². The minimum atomic E-state index is -0.453. The van der Waals surface area contributed by atoms with Gasteiger partial charge in [0.1, 0.15) is 5.69 Å². The van der Waals surface area contributed by atoms with Crippen LogP contribution in [0.5, 0.6) is 0 Å². The van der Waals surface area contributed by atoms with E-state index in [-0.39, 0.29) is 17.5 Å². The number of esters is 1. The maximum atomic E-state index is 12.4.